The zero-order chi connectivity index (χ0) is 17.9. The van der Waals surface area contributed by atoms with Crippen molar-refractivity contribution in [2.24, 2.45) is 0 Å². The molecular formula is C17H20N2O4S. The molecule has 2 N–H and O–H groups in total. The Balaban J connectivity index is 2.26. The molecule has 0 aliphatic rings. The number of rotatable bonds is 5. The zero-order valence-corrected chi connectivity index (χ0v) is 14.9. The molecular weight excluding hydrogens is 328 g/mol. The van der Waals surface area contributed by atoms with Crippen LogP contribution in [-0.2, 0) is 11.2 Å². The Morgan fingerprint density at radius 2 is 2.04 bits per heavy atom. The van der Waals surface area contributed by atoms with Crippen LogP contribution in [0.1, 0.15) is 58.0 Å². The van der Waals surface area contributed by atoms with Crippen LogP contribution in [0, 0.1) is 0 Å². The zero-order valence-electron chi connectivity index (χ0n) is 14.1. The van der Waals surface area contributed by atoms with Crippen LogP contribution in [0.25, 0.3) is 0 Å². The van der Waals surface area contributed by atoms with Gasteiger partial charge in [-0.05, 0) is 36.1 Å². The molecule has 24 heavy (non-hydrogen) atoms. The molecule has 6 nitrogen and oxygen atoms in total. The summed E-state index contributed by atoms with van der Waals surface area (Å²) in [5.74, 6) is -0.773. The van der Waals surface area contributed by atoms with Gasteiger partial charge in [0.25, 0.3) is 11.5 Å². The molecule has 0 fully saturated rings. The maximum atomic E-state index is 12.3. The van der Waals surface area contributed by atoms with E-state index >= 15 is 0 Å². The Labute approximate surface area is 143 Å². The summed E-state index contributed by atoms with van der Waals surface area (Å²) < 4.78 is 4.74. The average Bonchev–Trinajstić information content (AvgIpc) is 2.96. The molecule has 0 aliphatic carbocycles. The van der Waals surface area contributed by atoms with E-state index in [9.17, 15) is 14.4 Å². The Kier molecular flexibility index (Phi) is 5.56. The third-order valence-corrected chi connectivity index (χ3v) is 4.67. The predicted octanol–water partition coefficient (Wildman–Crippen LogP) is 3.16. The number of carbonyl (C=O) groups excluding carboxylic acids is 2. The number of amides is 1. The first kappa shape index (κ1) is 17.9. The summed E-state index contributed by atoms with van der Waals surface area (Å²) in [6.45, 7) is 5.82. The maximum absolute atomic E-state index is 12.3. The van der Waals surface area contributed by atoms with Crippen molar-refractivity contribution in [2.45, 2.75) is 33.1 Å². The van der Waals surface area contributed by atoms with Gasteiger partial charge in [0.05, 0.1) is 12.1 Å². The molecule has 0 radical (unpaired) electrons. The van der Waals surface area contributed by atoms with Gasteiger partial charge in [-0.2, -0.15) is 0 Å². The molecule has 0 aromatic carbocycles. The fourth-order valence-electron chi connectivity index (χ4n) is 2.20. The molecule has 0 spiro atoms. The number of anilines is 1. The molecule has 1 amide bonds. The number of aryl methyl sites for hydroxylation is 1. The van der Waals surface area contributed by atoms with E-state index in [0.29, 0.717) is 16.3 Å². The van der Waals surface area contributed by atoms with Crippen molar-refractivity contribution in [3.63, 3.8) is 0 Å². The topological polar surface area (TPSA) is 88.3 Å². The van der Waals surface area contributed by atoms with Gasteiger partial charge in [0.2, 0.25) is 0 Å². The van der Waals surface area contributed by atoms with Crippen molar-refractivity contribution in [3.05, 3.63) is 50.3 Å². The van der Waals surface area contributed by atoms with Crippen LogP contribution in [0.15, 0.2) is 23.0 Å². The van der Waals surface area contributed by atoms with Gasteiger partial charge in [-0.25, -0.2) is 4.79 Å². The van der Waals surface area contributed by atoms with Crippen LogP contribution in [-0.4, -0.2) is 24.0 Å². The molecule has 128 valence electrons. The number of aromatic amines is 1. The van der Waals surface area contributed by atoms with Crippen LogP contribution in [0.4, 0.5) is 5.00 Å². The molecule has 2 aromatic heterocycles. The lowest BCUT2D eigenvalue weighted by Crippen LogP contribution is -2.23. The minimum absolute atomic E-state index is 0.0328. The third-order valence-electron chi connectivity index (χ3n) is 3.60. The van der Waals surface area contributed by atoms with Crippen molar-refractivity contribution in [1.82, 2.24) is 4.98 Å². The summed E-state index contributed by atoms with van der Waals surface area (Å²) in [5, 5.41) is 3.18. The first-order valence-corrected chi connectivity index (χ1v) is 8.44. The van der Waals surface area contributed by atoms with Gasteiger partial charge in [-0.3, -0.25) is 9.59 Å². The largest absolute Gasteiger partial charge is 0.465 e. The normalized spacial score (nSPS) is 10.7. The van der Waals surface area contributed by atoms with Gasteiger partial charge in [-0.1, -0.05) is 20.8 Å². The van der Waals surface area contributed by atoms with E-state index in [1.54, 1.807) is 12.1 Å². The van der Waals surface area contributed by atoms with Crippen molar-refractivity contribution in [3.8, 4) is 0 Å². The highest BCUT2D eigenvalue weighted by molar-refractivity contribution is 7.18. The molecule has 0 bridgehead atoms. The summed E-state index contributed by atoms with van der Waals surface area (Å²) in [7, 11) is 1.32. The number of ether oxygens (including phenoxy) is 1. The first-order valence-electron chi connectivity index (χ1n) is 7.63. The highest BCUT2D eigenvalue weighted by Crippen LogP contribution is 2.28. The van der Waals surface area contributed by atoms with Crippen molar-refractivity contribution >= 4 is 28.2 Å². The van der Waals surface area contributed by atoms with E-state index in [-0.39, 0.29) is 11.5 Å². The molecule has 0 saturated heterocycles. The smallest absolute Gasteiger partial charge is 0.348 e. The summed E-state index contributed by atoms with van der Waals surface area (Å²) in [6.07, 6.45) is 0.639. The quantitative estimate of drug-likeness (QED) is 0.813. The highest BCUT2D eigenvalue weighted by Gasteiger charge is 2.18. The first-order chi connectivity index (χ1) is 11.4. The molecule has 2 aromatic rings. The second kappa shape index (κ2) is 7.44. The van der Waals surface area contributed by atoms with E-state index in [0.717, 1.165) is 22.6 Å². The number of H-pyrrole nitrogens is 1. The fourth-order valence-corrected chi connectivity index (χ4v) is 3.27. The monoisotopic (exact) mass is 348 g/mol. The average molecular weight is 348 g/mol. The fraction of sp³-hybridized carbons (Fsp3) is 0.353. The van der Waals surface area contributed by atoms with E-state index in [1.807, 2.05) is 20.8 Å². The molecule has 0 aliphatic heterocycles. The number of hydrogen-bond acceptors (Lipinski definition) is 5. The van der Waals surface area contributed by atoms with E-state index < -0.39 is 17.4 Å². The molecule has 7 heteroatoms. The Morgan fingerprint density at radius 1 is 1.33 bits per heavy atom. The van der Waals surface area contributed by atoms with Gasteiger partial charge >= 0.3 is 5.97 Å². The lowest BCUT2D eigenvalue weighted by molar-refractivity contribution is 0.0605. The molecule has 2 rings (SSSR count). The lowest BCUT2D eigenvalue weighted by Gasteiger charge is -2.06. The summed E-state index contributed by atoms with van der Waals surface area (Å²) in [5.41, 5.74) is 1.17. The van der Waals surface area contributed by atoms with E-state index in [1.165, 1.54) is 13.2 Å². The summed E-state index contributed by atoms with van der Waals surface area (Å²) >= 11 is 1.13. The minimum Gasteiger partial charge on any atom is -0.465 e. The molecule has 0 atom stereocenters. The van der Waals surface area contributed by atoms with E-state index in [4.69, 9.17) is 4.74 Å². The second-order valence-corrected chi connectivity index (χ2v) is 6.63. The number of carbonyl (C=O) groups is 2. The SMILES string of the molecule is CCc1cc(NC(=O)c2ccc(C(C)C)[nH]c2=O)sc1C(=O)OC. The summed E-state index contributed by atoms with van der Waals surface area (Å²) in [4.78, 5) is 39.3. The van der Waals surface area contributed by atoms with Crippen LogP contribution in [0.2, 0.25) is 0 Å². The molecule has 0 saturated carbocycles. The van der Waals surface area contributed by atoms with Gasteiger partial charge in [0.15, 0.2) is 0 Å². The number of aromatic nitrogens is 1. The number of methoxy groups -OCH3 is 1. The maximum Gasteiger partial charge on any atom is 0.348 e. The van der Waals surface area contributed by atoms with Crippen LogP contribution in [0.5, 0.6) is 0 Å². The number of thiophene rings is 1. The Hall–Kier alpha value is -2.41. The molecule has 2 heterocycles. The highest BCUT2D eigenvalue weighted by atomic mass is 32.1. The van der Waals surface area contributed by atoms with Crippen LogP contribution >= 0.6 is 11.3 Å². The number of hydrogen-bond donors (Lipinski definition) is 2. The summed E-state index contributed by atoms with van der Waals surface area (Å²) in [6, 6.07) is 4.97. The second-order valence-electron chi connectivity index (χ2n) is 5.58. The number of nitrogens with one attached hydrogen (secondary N) is 2. The van der Waals surface area contributed by atoms with Crippen LogP contribution in [0.3, 0.4) is 0 Å². The van der Waals surface area contributed by atoms with E-state index in [2.05, 4.69) is 10.3 Å². The van der Waals surface area contributed by atoms with Gasteiger partial charge in [-0.15, -0.1) is 11.3 Å². The Morgan fingerprint density at radius 3 is 2.58 bits per heavy atom. The number of pyridine rings is 1. The minimum atomic E-state index is -0.508. The van der Waals surface area contributed by atoms with Gasteiger partial charge < -0.3 is 15.0 Å². The third kappa shape index (κ3) is 3.73. The van der Waals surface area contributed by atoms with Gasteiger partial charge in [0.1, 0.15) is 10.4 Å². The predicted molar refractivity (Wildman–Crippen MR) is 94.1 cm³/mol. The molecule has 0 unspecified atom stereocenters. The standard InChI is InChI=1S/C17H20N2O4S/c1-5-10-8-13(24-14(10)17(22)23-4)19-16(21)11-6-7-12(9(2)3)18-15(11)20/h6-9H,5H2,1-4H3,(H,18,20)(H,19,21). The number of esters is 1. The van der Waals surface area contributed by atoms with Crippen molar-refractivity contribution in [2.75, 3.05) is 12.4 Å². The lowest BCUT2D eigenvalue weighted by atomic mass is 10.1. The van der Waals surface area contributed by atoms with Gasteiger partial charge in [0, 0.05) is 5.69 Å². The van der Waals surface area contributed by atoms with Crippen LogP contribution < -0.4 is 10.9 Å². The Bertz CT molecular complexity index is 820. The van der Waals surface area contributed by atoms with Crippen molar-refractivity contribution < 1.29 is 14.3 Å². The van der Waals surface area contributed by atoms with Crippen molar-refractivity contribution in [1.29, 1.82) is 0 Å².